The minimum atomic E-state index is -0.329. The van der Waals surface area contributed by atoms with Crippen molar-refractivity contribution in [3.05, 3.63) is 17.6 Å². The van der Waals surface area contributed by atoms with Crippen LogP contribution in [0, 0.1) is 0 Å². The van der Waals surface area contributed by atoms with Gasteiger partial charge in [-0.15, -0.1) is 5.10 Å². The van der Waals surface area contributed by atoms with Crippen molar-refractivity contribution < 1.29 is 9.53 Å². The van der Waals surface area contributed by atoms with Crippen LogP contribution in [0.15, 0.2) is 11.9 Å². The van der Waals surface area contributed by atoms with Gasteiger partial charge in [0.15, 0.2) is 0 Å². The SMILES string of the molecule is COC(=O)Cn1cc(C=C2CCCCN2)nn1. The van der Waals surface area contributed by atoms with Crippen molar-refractivity contribution in [2.24, 2.45) is 0 Å². The van der Waals surface area contributed by atoms with Crippen LogP contribution in [-0.4, -0.2) is 34.6 Å². The van der Waals surface area contributed by atoms with Gasteiger partial charge in [-0.05, 0) is 25.3 Å². The molecule has 0 unspecified atom stereocenters. The van der Waals surface area contributed by atoms with E-state index < -0.39 is 0 Å². The second-order valence-electron chi connectivity index (χ2n) is 3.97. The first kappa shape index (κ1) is 11.6. The van der Waals surface area contributed by atoms with Gasteiger partial charge in [-0.3, -0.25) is 4.79 Å². The molecule has 2 heterocycles. The molecule has 2 rings (SSSR count). The number of carbonyl (C=O) groups excluding carboxylic acids is 1. The normalized spacial score (nSPS) is 17.8. The number of carbonyl (C=O) groups is 1. The molecule has 0 aromatic carbocycles. The van der Waals surface area contributed by atoms with Gasteiger partial charge in [0.1, 0.15) is 12.2 Å². The number of aromatic nitrogens is 3. The highest BCUT2D eigenvalue weighted by Gasteiger charge is 2.07. The lowest BCUT2D eigenvalue weighted by molar-refractivity contribution is -0.141. The molecule has 0 bridgehead atoms. The zero-order valence-electron chi connectivity index (χ0n) is 9.85. The average Bonchev–Trinajstić information content (AvgIpc) is 2.77. The van der Waals surface area contributed by atoms with Crippen LogP contribution in [0.4, 0.5) is 0 Å². The minimum Gasteiger partial charge on any atom is -0.468 e. The zero-order chi connectivity index (χ0) is 12.1. The number of nitrogens with one attached hydrogen (secondary N) is 1. The molecule has 1 fully saturated rings. The van der Waals surface area contributed by atoms with Gasteiger partial charge in [-0.2, -0.15) is 0 Å². The molecule has 6 heteroatoms. The number of ether oxygens (including phenoxy) is 1. The topological polar surface area (TPSA) is 69.0 Å². The molecule has 1 N–H and O–H groups in total. The fraction of sp³-hybridized carbons (Fsp3) is 0.545. The Labute approximate surface area is 99.6 Å². The molecule has 0 saturated carbocycles. The first-order valence-corrected chi connectivity index (χ1v) is 5.69. The summed E-state index contributed by atoms with van der Waals surface area (Å²) in [6.07, 6.45) is 7.17. The summed E-state index contributed by atoms with van der Waals surface area (Å²) in [7, 11) is 1.36. The highest BCUT2D eigenvalue weighted by molar-refractivity contribution is 5.68. The van der Waals surface area contributed by atoms with Crippen molar-refractivity contribution in [2.75, 3.05) is 13.7 Å². The molecule has 1 saturated heterocycles. The summed E-state index contributed by atoms with van der Waals surface area (Å²) in [6.45, 7) is 1.11. The van der Waals surface area contributed by atoms with Gasteiger partial charge < -0.3 is 10.1 Å². The summed E-state index contributed by atoms with van der Waals surface area (Å²) < 4.78 is 6.03. The summed E-state index contributed by atoms with van der Waals surface area (Å²) in [5.74, 6) is -0.329. The predicted octanol–water partition coefficient (Wildman–Crippen LogP) is 0.565. The van der Waals surface area contributed by atoms with Crippen LogP contribution in [0.2, 0.25) is 0 Å². The Balaban J connectivity index is 2.00. The van der Waals surface area contributed by atoms with E-state index in [1.807, 2.05) is 6.08 Å². The van der Waals surface area contributed by atoms with E-state index in [1.165, 1.54) is 30.3 Å². The van der Waals surface area contributed by atoms with Crippen molar-refractivity contribution in [1.29, 1.82) is 0 Å². The Morgan fingerprint density at radius 1 is 1.65 bits per heavy atom. The average molecular weight is 236 g/mol. The number of hydrogen-bond acceptors (Lipinski definition) is 5. The molecule has 0 spiro atoms. The molecule has 6 nitrogen and oxygen atoms in total. The van der Waals surface area contributed by atoms with Gasteiger partial charge in [0.05, 0.1) is 13.3 Å². The summed E-state index contributed by atoms with van der Waals surface area (Å²) in [4.78, 5) is 11.0. The van der Waals surface area contributed by atoms with Crippen LogP contribution in [0.5, 0.6) is 0 Å². The van der Waals surface area contributed by atoms with Gasteiger partial charge in [0.2, 0.25) is 0 Å². The first-order valence-electron chi connectivity index (χ1n) is 5.69. The molecule has 1 aromatic rings. The Kier molecular flexibility index (Phi) is 3.74. The fourth-order valence-corrected chi connectivity index (χ4v) is 1.73. The van der Waals surface area contributed by atoms with Gasteiger partial charge in [-0.1, -0.05) is 5.21 Å². The summed E-state index contributed by atoms with van der Waals surface area (Å²) in [6, 6.07) is 0. The van der Waals surface area contributed by atoms with E-state index in [-0.39, 0.29) is 12.5 Å². The second kappa shape index (κ2) is 5.47. The number of rotatable bonds is 3. The Morgan fingerprint density at radius 3 is 3.24 bits per heavy atom. The van der Waals surface area contributed by atoms with Crippen LogP contribution in [-0.2, 0) is 16.1 Å². The third-order valence-electron chi connectivity index (χ3n) is 2.62. The molecule has 0 aliphatic carbocycles. The van der Waals surface area contributed by atoms with E-state index >= 15 is 0 Å². The highest BCUT2D eigenvalue weighted by atomic mass is 16.5. The summed E-state index contributed by atoms with van der Waals surface area (Å²) in [5, 5.41) is 11.2. The van der Waals surface area contributed by atoms with Crippen molar-refractivity contribution in [3.8, 4) is 0 Å². The molecule has 17 heavy (non-hydrogen) atoms. The molecule has 0 atom stereocenters. The Hall–Kier alpha value is -1.85. The molecule has 0 amide bonds. The van der Waals surface area contributed by atoms with Crippen LogP contribution in [0.1, 0.15) is 25.0 Å². The fourth-order valence-electron chi connectivity index (χ4n) is 1.73. The van der Waals surface area contributed by atoms with Gasteiger partial charge in [-0.25, -0.2) is 4.68 Å². The second-order valence-corrected chi connectivity index (χ2v) is 3.97. The Bertz CT molecular complexity index is 417. The van der Waals surface area contributed by atoms with Crippen molar-refractivity contribution >= 4 is 12.0 Å². The Morgan fingerprint density at radius 2 is 2.53 bits per heavy atom. The van der Waals surface area contributed by atoms with Gasteiger partial charge >= 0.3 is 5.97 Å². The van der Waals surface area contributed by atoms with E-state index in [2.05, 4.69) is 20.4 Å². The van der Waals surface area contributed by atoms with Crippen molar-refractivity contribution in [3.63, 3.8) is 0 Å². The maximum Gasteiger partial charge on any atom is 0.327 e. The summed E-state index contributed by atoms with van der Waals surface area (Å²) in [5.41, 5.74) is 1.94. The van der Waals surface area contributed by atoms with Crippen molar-refractivity contribution in [2.45, 2.75) is 25.8 Å². The molecular formula is C11H16N4O2. The lowest BCUT2D eigenvalue weighted by Gasteiger charge is -2.15. The number of esters is 1. The number of allylic oxidation sites excluding steroid dienone is 1. The zero-order valence-corrected chi connectivity index (χ0v) is 9.85. The predicted molar refractivity (Wildman–Crippen MR) is 61.9 cm³/mol. The smallest absolute Gasteiger partial charge is 0.327 e. The number of piperidine rings is 1. The number of methoxy groups -OCH3 is 1. The quantitative estimate of drug-likeness (QED) is 0.777. The number of nitrogens with zero attached hydrogens (tertiary/aromatic N) is 3. The van der Waals surface area contributed by atoms with Gasteiger partial charge in [0.25, 0.3) is 0 Å². The maximum atomic E-state index is 11.0. The third kappa shape index (κ3) is 3.30. The standard InChI is InChI=1S/C11H16N4O2/c1-17-11(16)8-15-7-10(13-14-15)6-9-4-2-3-5-12-9/h6-7,12H,2-5,8H2,1H3. The van der Waals surface area contributed by atoms with E-state index in [0.29, 0.717) is 0 Å². The summed E-state index contributed by atoms with van der Waals surface area (Å²) >= 11 is 0. The lowest BCUT2D eigenvalue weighted by atomic mass is 10.1. The van der Waals surface area contributed by atoms with Crippen LogP contribution >= 0.6 is 0 Å². The van der Waals surface area contributed by atoms with Crippen LogP contribution in [0.3, 0.4) is 0 Å². The molecule has 1 aliphatic heterocycles. The third-order valence-corrected chi connectivity index (χ3v) is 2.62. The molecule has 92 valence electrons. The lowest BCUT2D eigenvalue weighted by Crippen LogP contribution is -2.19. The number of hydrogen-bond donors (Lipinski definition) is 1. The maximum absolute atomic E-state index is 11.0. The molecule has 0 radical (unpaired) electrons. The largest absolute Gasteiger partial charge is 0.468 e. The van der Waals surface area contributed by atoms with Crippen molar-refractivity contribution in [1.82, 2.24) is 20.3 Å². The van der Waals surface area contributed by atoms with Crippen LogP contribution in [0.25, 0.3) is 6.08 Å². The van der Waals surface area contributed by atoms with E-state index in [4.69, 9.17) is 0 Å². The minimum absolute atomic E-state index is 0.0973. The van der Waals surface area contributed by atoms with E-state index in [9.17, 15) is 4.79 Å². The highest BCUT2D eigenvalue weighted by Crippen LogP contribution is 2.12. The first-order chi connectivity index (χ1) is 8.28. The molecule has 1 aromatic heterocycles. The van der Waals surface area contributed by atoms with E-state index in [0.717, 1.165) is 18.7 Å². The monoisotopic (exact) mass is 236 g/mol. The van der Waals surface area contributed by atoms with Crippen LogP contribution < -0.4 is 5.32 Å². The van der Waals surface area contributed by atoms with Gasteiger partial charge in [0, 0.05) is 12.2 Å². The van der Waals surface area contributed by atoms with E-state index in [1.54, 1.807) is 6.20 Å². The molecule has 1 aliphatic rings. The molecular weight excluding hydrogens is 220 g/mol.